The maximum atomic E-state index is 13.2. The Bertz CT molecular complexity index is 1250. The second-order valence-corrected chi connectivity index (χ2v) is 10.1. The molecule has 2 amide bonds. The van der Waals surface area contributed by atoms with Crippen molar-refractivity contribution in [1.82, 2.24) is 20.0 Å². The molecule has 11 nitrogen and oxygen atoms in total. The topological polar surface area (TPSA) is 155 Å². The third-order valence-electron chi connectivity index (χ3n) is 6.31. The van der Waals surface area contributed by atoms with Crippen LogP contribution in [-0.2, 0) is 27.8 Å². The zero-order valence-electron chi connectivity index (χ0n) is 21.9. The van der Waals surface area contributed by atoms with Crippen LogP contribution in [0.2, 0.25) is 0 Å². The second kappa shape index (κ2) is 12.4. The standard InChI is InChI=1S/C26H33FN6O5/c1-26(2,3)17(15-21-31-32-24(38-21)16-9-11-18(27)12-10-16)7-5-6-8-19(37-25(28)36)22(34)23(35)30-20-13-14-29-33(20)4/h9-14,17,19H,5-8,15H2,1-4H3,(H2,28,36)(H,30,35)/t17-,19+/m1/s1. The fourth-order valence-corrected chi connectivity index (χ4v) is 4.02. The van der Waals surface area contributed by atoms with Crippen LogP contribution in [-0.4, -0.2) is 43.9 Å². The van der Waals surface area contributed by atoms with Crippen molar-refractivity contribution >= 4 is 23.6 Å². The molecule has 0 fully saturated rings. The number of nitrogens with two attached hydrogens (primary N) is 1. The Balaban J connectivity index is 1.57. The van der Waals surface area contributed by atoms with Crippen LogP contribution in [0, 0.1) is 17.2 Å². The molecule has 2 atom stereocenters. The van der Waals surface area contributed by atoms with Gasteiger partial charge in [-0.15, -0.1) is 10.2 Å². The Morgan fingerprint density at radius 3 is 2.39 bits per heavy atom. The maximum absolute atomic E-state index is 13.2. The van der Waals surface area contributed by atoms with Crippen LogP contribution in [0.15, 0.2) is 40.9 Å². The minimum atomic E-state index is -1.29. The average molecular weight is 529 g/mol. The van der Waals surface area contributed by atoms with E-state index < -0.39 is 23.9 Å². The molecule has 0 aliphatic heterocycles. The van der Waals surface area contributed by atoms with Crippen molar-refractivity contribution in [3.8, 4) is 11.5 Å². The van der Waals surface area contributed by atoms with E-state index in [-0.39, 0.29) is 23.6 Å². The van der Waals surface area contributed by atoms with E-state index in [9.17, 15) is 18.8 Å². The van der Waals surface area contributed by atoms with E-state index in [1.807, 2.05) is 0 Å². The number of hydrogen-bond donors (Lipinski definition) is 2. The Hall–Kier alpha value is -4.09. The molecule has 0 spiro atoms. The molecule has 0 bridgehead atoms. The van der Waals surface area contributed by atoms with Gasteiger partial charge in [-0.25, -0.2) is 9.18 Å². The van der Waals surface area contributed by atoms with E-state index in [0.29, 0.717) is 42.4 Å². The number of benzene rings is 1. The molecule has 2 aromatic heterocycles. The first kappa shape index (κ1) is 28.5. The van der Waals surface area contributed by atoms with Crippen molar-refractivity contribution in [1.29, 1.82) is 0 Å². The van der Waals surface area contributed by atoms with E-state index in [1.54, 1.807) is 19.2 Å². The van der Waals surface area contributed by atoms with Crippen molar-refractivity contribution in [3.05, 3.63) is 48.2 Å². The number of ketones is 1. The first-order valence-corrected chi connectivity index (χ1v) is 12.3. The molecule has 3 rings (SSSR count). The van der Waals surface area contributed by atoms with Gasteiger partial charge in [-0.1, -0.05) is 27.2 Å². The SMILES string of the molecule is Cn1nccc1NC(=O)C(=O)[C@H](CCCC[C@H](Cc1nnc(-c2ccc(F)cc2)o1)C(C)(C)C)OC(N)=O. The summed E-state index contributed by atoms with van der Waals surface area (Å²) in [5, 5.41) is 14.6. The first-order chi connectivity index (χ1) is 17.9. The van der Waals surface area contributed by atoms with Crippen molar-refractivity contribution in [2.24, 2.45) is 24.1 Å². The van der Waals surface area contributed by atoms with Gasteiger partial charge in [0.1, 0.15) is 11.6 Å². The summed E-state index contributed by atoms with van der Waals surface area (Å²) in [6.45, 7) is 6.33. The molecule has 1 aromatic carbocycles. The predicted molar refractivity (Wildman–Crippen MR) is 136 cm³/mol. The van der Waals surface area contributed by atoms with Crippen LogP contribution in [0.5, 0.6) is 0 Å². The summed E-state index contributed by atoms with van der Waals surface area (Å²) in [6, 6.07) is 7.36. The lowest BCUT2D eigenvalue weighted by Crippen LogP contribution is -2.38. The Labute approximate surface area is 219 Å². The highest BCUT2D eigenvalue weighted by Gasteiger charge is 2.30. The number of amides is 2. The lowest BCUT2D eigenvalue weighted by Gasteiger charge is -2.30. The molecule has 0 saturated heterocycles. The van der Waals surface area contributed by atoms with Crippen molar-refractivity contribution in [2.75, 3.05) is 5.32 Å². The Morgan fingerprint density at radius 1 is 1.11 bits per heavy atom. The molecule has 3 N–H and O–H groups in total. The van der Waals surface area contributed by atoms with Crippen LogP contribution in [0.25, 0.3) is 11.5 Å². The number of unbranched alkanes of at least 4 members (excludes halogenated alkanes) is 1. The predicted octanol–water partition coefficient (Wildman–Crippen LogP) is 4.05. The van der Waals surface area contributed by atoms with Crippen LogP contribution in [0.4, 0.5) is 15.0 Å². The van der Waals surface area contributed by atoms with Crippen molar-refractivity contribution in [3.63, 3.8) is 0 Å². The highest BCUT2D eigenvalue weighted by molar-refractivity contribution is 6.42. The number of halogens is 1. The van der Waals surface area contributed by atoms with Crippen molar-refractivity contribution < 1.29 is 27.9 Å². The van der Waals surface area contributed by atoms with E-state index in [2.05, 4.69) is 41.4 Å². The van der Waals surface area contributed by atoms with Gasteiger partial charge in [-0.05, 0) is 54.9 Å². The summed E-state index contributed by atoms with van der Waals surface area (Å²) in [5.41, 5.74) is 5.68. The molecule has 204 valence electrons. The number of carbonyl (C=O) groups excluding carboxylic acids is 3. The third kappa shape index (κ3) is 7.95. The van der Waals surface area contributed by atoms with Gasteiger partial charge >= 0.3 is 6.09 Å². The average Bonchev–Trinajstić information content (AvgIpc) is 3.48. The second-order valence-electron chi connectivity index (χ2n) is 10.1. The van der Waals surface area contributed by atoms with E-state index in [4.69, 9.17) is 14.9 Å². The van der Waals surface area contributed by atoms with Gasteiger partial charge in [0, 0.05) is 25.1 Å². The summed E-state index contributed by atoms with van der Waals surface area (Å²) >= 11 is 0. The fraction of sp³-hybridized carbons (Fsp3) is 0.462. The zero-order chi connectivity index (χ0) is 27.9. The number of anilines is 1. The first-order valence-electron chi connectivity index (χ1n) is 12.3. The van der Waals surface area contributed by atoms with Crippen LogP contribution in [0.3, 0.4) is 0 Å². The third-order valence-corrected chi connectivity index (χ3v) is 6.31. The molecule has 0 aliphatic carbocycles. The quantitative estimate of drug-likeness (QED) is 0.263. The number of nitrogens with one attached hydrogen (secondary N) is 1. The number of rotatable bonds is 12. The van der Waals surface area contributed by atoms with Gasteiger partial charge in [0.25, 0.3) is 11.7 Å². The number of nitrogens with zero attached hydrogens (tertiary/aromatic N) is 4. The van der Waals surface area contributed by atoms with Gasteiger partial charge < -0.3 is 20.2 Å². The largest absolute Gasteiger partial charge is 0.438 e. The summed E-state index contributed by atoms with van der Waals surface area (Å²) < 4.78 is 25.4. The van der Waals surface area contributed by atoms with E-state index >= 15 is 0 Å². The zero-order valence-corrected chi connectivity index (χ0v) is 21.9. The van der Waals surface area contributed by atoms with Crippen molar-refractivity contribution in [2.45, 2.75) is 59.0 Å². The Morgan fingerprint density at radius 2 is 1.79 bits per heavy atom. The summed E-state index contributed by atoms with van der Waals surface area (Å²) in [4.78, 5) is 36.4. The molecule has 0 radical (unpaired) electrons. The van der Waals surface area contributed by atoms with Gasteiger partial charge in [-0.3, -0.25) is 14.3 Å². The van der Waals surface area contributed by atoms with E-state index in [1.165, 1.54) is 29.1 Å². The van der Waals surface area contributed by atoms with E-state index in [0.717, 1.165) is 6.42 Å². The number of carbonyl (C=O) groups is 3. The van der Waals surface area contributed by atoms with Crippen LogP contribution >= 0.6 is 0 Å². The molecule has 38 heavy (non-hydrogen) atoms. The minimum Gasteiger partial charge on any atom is -0.438 e. The molecule has 2 heterocycles. The number of Topliss-reactive ketones (excluding diaryl/α,β-unsaturated/α-hetero) is 1. The molecule has 0 unspecified atom stereocenters. The summed E-state index contributed by atoms with van der Waals surface area (Å²) in [5.74, 6) is -0.873. The van der Waals surface area contributed by atoms with Gasteiger partial charge in [-0.2, -0.15) is 5.10 Å². The lowest BCUT2D eigenvalue weighted by molar-refractivity contribution is -0.140. The molecule has 12 heteroatoms. The normalized spacial score (nSPS) is 13.1. The van der Waals surface area contributed by atoms with Gasteiger partial charge in [0.2, 0.25) is 11.8 Å². The fourth-order valence-electron chi connectivity index (χ4n) is 4.02. The lowest BCUT2D eigenvalue weighted by atomic mass is 9.76. The van der Waals surface area contributed by atoms with Crippen LogP contribution in [0.1, 0.15) is 52.3 Å². The molecular weight excluding hydrogens is 495 g/mol. The summed E-state index contributed by atoms with van der Waals surface area (Å²) in [7, 11) is 1.61. The molecule has 0 aliphatic rings. The molecule has 3 aromatic rings. The number of aromatic nitrogens is 4. The highest BCUT2D eigenvalue weighted by atomic mass is 19.1. The monoisotopic (exact) mass is 528 g/mol. The minimum absolute atomic E-state index is 0.0908. The number of aryl methyl sites for hydroxylation is 1. The van der Waals surface area contributed by atoms with Crippen LogP contribution < -0.4 is 11.1 Å². The smallest absolute Gasteiger partial charge is 0.405 e. The molecule has 0 saturated carbocycles. The van der Waals surface area contributed by atoms with Gasteiger partial charge in [0.05, 0.1) is 6.20 Å². The summed E-state index contributed by atoms with van der Waals surface area (Å²) in [6.07, 6.45) is 1.70. The van der Waals surface area contributed by atoms with Gasteiger partial charge in [0.15, 0.2) is 6.10 Å². The number of primary amides is 1. The number of ether oxygens (including phenoxy) is 1. The highest BCUT2D eigenvalue weighted by Crippen LogP contribution is 2.34. The number of hydrogen-bond acceptors (Lipinski definition) is 8. The maximum Gasteiger partial charge on any atom is 0.405 e. The Kier molecular flexibility index (Phi) is 9.32. The molecular formula is C26H33FN6O5.